The molecule has 16 heavy (non-hydrogen) atoms. The number of benzene rings is 1. The van der Waals surface area contributed by atoms with Gasteiger partial charge in [0.05, 0.1) is 6.10 Å². The normalized spacial score (nSPS) is 16.3. The van der Waals surface area contributed by atoms with Gasteiger partial charge in [-0.05, 0) is 44.7 Å². The van der Waals surface area contributed by atoms with Crippen LogP contribution in [0.5, 0.6) is 5.75 Å². The first kappa shape index (κ1) is 11.0. The second kappa shape index (κ2) is 4.56. The summed E-state index contributed by atoms with van der Waals surface area (Å²) in [5, 5.41) is 9.08. The predicted octanol–water partition coefficient (Wildman–Crippen LogP) is 3.01. The SMILES string of the molecule is Cc1ccc(OC2CCCC2)c(C(=O)O)c1. The molecule has 1 aromatic rings. The third-order valence-electron chi connectivity index (χ3n) is 2.96. The predicted molar refractivity (Wildman–Crippen MR) is 61.0 cm³/mol. The Labute approximate surface area is 95.0 Å². The van der Waals surface area contributed by atoms with Crippen molar-refractivity contribution in [1.82, 2.24) is 0 Å². The van der Waals surface area contributed by atoms with E-state index in [9.17, 15) is 4.79 Å². The van der Waals surface area contributed by atoms with Crippen molar-refractivity contribution >= 4 is 5.97 Å². The number of ether oxygens (including phenoxy) is 1. The van der Waals surface area contributed by atoms with E-state index in [4.69, 9.17) is 9.84 Å². The summed E-state index contributed by atoms with van der Waals surface area (Å²) < 4.78 is 5.74. The van der Waals surface area contributed by atoms with Crippen molar-refractivity contribution in [2.45, 2.75) is 38.7 Å². The molecule has 3 heteroatoms. The van der Waals surface area contributed by atoms with E-state index in [1.807, 2.05) is 13.0 Å². The first-order valence-electron chi connectivity index (χ1n) is 5.67. The van der Waals surface area contributed by atoms with Crippen LogP contribution in [-0.4, -0.2) is 17.2 Å². The van der Waals surface area contributed by atoms with Gasteiger partial charge in [-0.2, -0.15) is 0 Å². The van der Waals surface area contributed by atoms with Crippen LogP contribution in [-0.2, 0) is 0 Å². The van der Waals surface area contributed by atoms with Gasteiger partial charge in [-0.3, -0.25) is 0 Å². The quantitative estimate of drug-likeness (QED) is 0.851. The molecule has 0 atom stereocenters. The average Bonchev–Trinajstić information content (AvgIpc) is 2.73. The molecule has 0 amide bonds. The van der Waals surface area contributed by atoms with E-state index in [0.29, 0.717) is 5.75 Å². The van der Waals surface area contributed by atoms with Gasteiger partial charge in [-0.1, -0.05) is 11.6 Å². The Kier molecular flexibility index (Phi) is 3.13. The molecule has 0 saturated heterocycles. The number of carboxylic acids is 1. The van der Waals surface area contributed by atoms with Crippen LogP contribution in [0.4, 0.5) is 0 Å². The minimum atomic E-state index is -0.920. The molecule has 1 fully saturated rings. The summed E-state index contributed by atoms with van der Waals surface area (Å²) in [5.41, 5.74) is 1.21. The highest BCUT2D eigenvalue weighted by molar-refractivity contribution is 5.91. The molecule has 1 aromatic carbocycles. The molecule has 0 heterocycles. The molecule has 0 radical (unpaired) electrons. The van der Waals surface area contributed by atoms with Crippen LogP contribution in [0.2, 0.25) is 0 Å². The van der Waals surface area contributed by atoms with Crippen LogP contribution < -0.4 is 4.74 Å². The summed E-state index contributed by atoms with van der Waals surface area (Å²) in [4.78, 5) is 11.1. The highest BCUT2D eigenvalue weighted by Crippen LogP contribution is 2.27. The lowest BCUT2D eigenvalue weighted by molar-refractivity contribution is 0.0689. The number of carbonyl (C=O) groups is 1. The van der Waals surface area contributed by atoms with E-state index in [2.05, 4.69) is 0 Å². The van der Waals surface area contributed by atoms with Crippen molar-refractivity contribution in [2.24, 2.45) is 0 Å². The van der Waals surface area contributed by atoms with Crippen molar-refractivity contribution in [3.05, 3.63) is 29.3 Å². The van der Waals surface area contributed by atoms with E-state index in [-0.39, 0.29) is 11.7 Å². The molecular weight excluding hydrogens is 204 g/mol. The van der Waals surface area contributed by atoms with Gasteiger partial charge >= 0.3 is 5.97 Å². The summed E-state index contributed by atoms with van der Waals surface area (Å²) in [6, 6.07) is 5.31. The Bertz CT molecular complexity index is 392. The molecular formula is C13H16O3. The smallest absolute Gasteiger partial charge is 0.339 e. The first-order chi connectivity index (χ1) is 7.66. The van der Waals surface area contributed by atoms with E-state index in [1.165, 1.54) is 12.8 Å². The lowest BCUT2D eigenvalue weighted by Crippen LogP contribution is -2.13. The largest absolute Gasteiger partial charge is 0.490 e. The molecule has 0 bridgehead atoms. The lowest BCUT2D eigenvalue weighted by atomic mass is 10.1. The number of aryl methyl sites for hydroxylation is 1. The maximum absolute atomic E-state index is 11.1. The van der Waals surface area contributed by atoms with Gasteiger partial charge in [0, 0.05) is 0 Å². The van der Waals surface area contributed by atoms with Crippen LogP contribution in [0.3, 0.4) is 0 Å². The molecule has 86 valence electrons. The maximum atomic E-state index is 11.1. The van der Waals surface area contributed by atoms with Crippen molar-refractivity contribution in [1.29, 1.82) is 0 Å². The van der Waals surface area contributed by atoms with Crippen molar-refractivity contribution < 1.29 is 14.6 Å². The third kappa shape index (κ3) is 2.35. The van der Waals surface area contributed by atoms with Crippen LogP contribution in [0, 0.1) is 6.92 Å². The second-order valence-corrected chi connectivity index (χ2v) is 4.33. The molecule has 0 spiro atoms. The van der Waals surface area contributed by atoms with Gasteiger partial charge in [-0.15, -0.1) is 0 Å². The van der Waals surface area contributed by atoms with Crippen LogP contribution in [0.1, 0.15) is 41.6 Å². The lowest BCUT2D eigenvalue weighted by Gasteiger charge is -2.15. The van der Waals surface area contributed by atoms with Gasteiger partial charge in [0.15, 0.2) is 0 Å². The van der Waals surface area contributed by atoms with Crippen LogP contribution in [0.25, 0.3) is 0 Å². The Balaban J connectivity index is 2.21. The van der Waals surface area contributed by atoms with Gasteiger partial charge in [-0.25, -0.2) is 4.79 Å². The Hall–Kier alpha value is -1.51. The van der Waals surface area contributed by atoms with Gasteiger partial charge in [0.25, 0.3) is 0 Å². The fourth-order valence-corrected chi connectivity index (χ4v) is 2.10. The van der Waals surface area contributed by atoms with Crippen LogP contribution in [0.15, 0.2) is 18.2 Å². The van der Waals surface area contributed by atoms with Crippen molar-refractivity contribution in [2.75, 3.05) is 0 Å². The Morgan fingerprint density at radius 2 is 2.06 bits per heavy atom. The third-order valence-corrected chi connectivity index (χ3v) is 2.96. The van der Waals surface area contributed by atoms with E-state index in [0.717, 1.165) is 18.4 Å². The molecule has 1 N–H and O–H groups in total. The zero-order chi connectivity index (χ0) is 11.5. The summed E-state index contributed by atoms with van der Waals surface area (Å²) in [7, 11) is 0. The molecule has 1 aliphatic carbocycles. The van der Waals surface area contributed by atoms with Crippen molar-refractivity contribution in [3.63, 3.8) is 0 Å². The molecule has 1 aliphatic rings. The van der Waals surface area contributed by atoms with Crippen molar-refractivity contribution in [3.8, 4) is 5.75 Å². The average molecular weight is 220 g/mol. The van der Waals surface area contributed by atoms with E-state index in [1.54, 1.807) is 12.1 Å². The van der Waals surface area contributed by atoms with Crippen LogP contribution >= 0.6 is 0 Å². The summed E-state index contributed by atoms with van der Waals surface area (Å²) in [5.74, 6) is -0.415. The minimum absolute atomic E-state index is 0.195. The number of rotatable bonds is 3. The minimum Gasteiger partial charge on any atom is -0.490 e. The number of hydrogen-bond acceptors (Lipinski definition) is 2. The highest BCUT2D eigenvalue weighted by atomic mass is 16.5. The fourth-order valence-electron chi connectivity index (χ4n) is 2.10. The standard InChI is InChI=1S/C13H16O3/c1-9-6-7-12(11(8-9)13(14)15)16-10-4-2-3-5-10/h6-8,10H,2-5H2,1H3,(H,14,15). The first-order valence-corrected chi connectivity index (χ1v) is 5.67. The summed E-state index contributed by atoms with van der Waals surface area (Å²) in [6.45, 7) is 1.88. The maximum Gasteiger partial charge on any atom is 0.339 e. The number of hydrogen-bond donors (Lipinski definition) is 1. The highest BCUT2D eigenvalue weighted by Gasteiger charge is 2.19. The van der Waals surface area contributed by atoms with Gasteiger partial charge in [0.1, 0.15) is 11.3 Å². The number of carboxylic acid groups (broad SMARTS) is 1. The zero-order valence-electron chi connectivity index (χ0n) is 9.40. The Morgan fingerprint density at radius 3 is 2.69 bits per heavy atom. The van der Waals surface area contributed by atoms with E-state index >= 15 is 0 Å². The molecule has 0 unspecified atom stereocenters. The fraction of sp³-hybridized carbons (Fsp3) is 0.462. The Morgan fingerprint density at radius 1 is 1.38 bits per heavy atom. The summed E-state index contributed by atoms with van der Waals surface area (Å²) >= 11 is 0. The van der Waals surface area contributed by atoms with E-state index < -0.39 is 5.97 Å². The second-order valence-electron chi connectivity index (χ2n) is 4.33. The van der Waals surface area contributed by atoms with Gasteiger partial charge < -0.3 is 9.84 Å². The van der Waals surface area contributed by atoms with Gasteiger partial charge in [0.2, 0.25) is 0 Å². The molecule has 2 rings (SSSR count). The molecule has 0 aromatic heterocycles. The molecule has 3 nitrogen and oxygen atoms in total. The summed E-state index contributed by atoms with van der Waals surface area (Å²) in [6.07, 6.45) is 4.62. The number of aromatic carboxylic acids is 1. The zero-order valence-corrected chi connectivity index (χ0v) is 9.40. The molecule has 1 saturated carbocycles. The molecule has 0 aliphatic heterocycles. The topological polar surface area (TPSA) is 46.5 Å². The monoisotopic (exact) mass is 220 g/mol.